The van der Waals surface area contributed by atoms with E-state index in [1.54, 1.807) is 6.07 Å². The predicted octanol–water partition coefficient (Wildman–Crippen LogP) is 5.59. The minimum absolute atomic E-state index is 0.275. The van der Waals surface area contributed by atoms with Crippen LogP contribution in [-0.2, 0) is 6.61 Å². The van der Waals surface area contributed by atoms with Gasteiger partial charge in [0.1, 0.15) is 12.4 Å². The van der Waals surface area contributed by atoms with E-state index in [0.29, 0.717) is 21.5 Å². The number of carbonyl (C=O) groups is 1. The molecule has 25 heavy (non-hydrogen) atoms. The second-order valence-electron chi connectivity index (χ2n) is 5.36. The molecule has 2 aromatic heterocycles. The lowest BCUT2D eigenvalue weighted by Crippen LogP contribution is -2.11. The number of pyridine rings is 1. The monoisotopic (exact) mass is 392 g/mol. The molecule has 128 valence electrons. The first kappa shape index (κ1) is 17.7. The van der Waals surface area contributed by atoms with E-state index < -0.39 is 0 Å². The van der Waals surface area contributed by atoms with Gasteiger partial charge in [-0.2, -0.15) is 0 Å². The highest BCUT2D eigenvalue weighted by molar-refractivity contribution is 7.12. The van der Waals surface area contributed by atoms with Crippen LogP contribution in [0.15, 0.2) is 48.0 Å². The maximum absolute atomic E-state index is 12.3. The number of ether oxygens (including phenoxy) is 1. The molecule has 1 N–H and O–H groups in total. The van der Waals surface area contributed by atoms with Crippen LogP contribution in [0.2, 0.25) is 10.0 Å². The van der Waals surface area contributed by atoms with Crippen molar-refractivity contribution in [1.82, 2.24) is 4.98 Å². The van der Waals surface area contributed by atoms with E-state index in [4.69, 9.17) is 27.9 Å². The van der Waals surface area contributed by atoms with Crippen molar-refractivity contribution in [3.63, 3.8) is 0 Å². The van der Waals surface area contributed by atoms with Crippen LogP contribution >= 0.6 is 34.5 Å². The van der Waals surface area contributed by atoms with E-state index in [1.807, 2.05) is 36.6 Å². The third-order valence-corrected chi connectivity index (χ3v) is 4.78. The van der Waals surface area contributed by atoms with Gasteiger partial charge >= 0.3 is 0 Å². The van der Waals surface area contributed by atoms with Gasteiger partial charge in [-0.3, -0.25) is 4.79 Å². The van der Waals surface area contributed by atoms with E-state index in [1.165, 1.54) is 23.6 Å². The van der Waals surface area contributed by atoms with Gasteiger partial charge in [-0.25, -0.2) is 4.98 Å². The van der Waals surface area contributed by atoms with Gasteiger partial charge in [-0.1, -0.05) is 35.3 Å². The number of aryl methyl sites for hydroxylation is 1. The Morgan fingerprint density at radius 1 is 1.28 bits per heavy atom. The van der Waals surface area contributed by atoms with Crippen LogP contribution in [0.1, 0.15) is 20.8 Å². The lowest BCUT2D eigenvalue weighted by Gasteiger charge is -2.05. The summed E-state index contributed by atoms with van der Waals surface area (Å²) in [4.78, 5) is 16.9. The number of hydrogen-bond donors (Lipinski definition) is 1. The maximum atomic E-state index is 12.3. The topological polar surface area (TPSA) is 51.2 Å². The summed E-state index contributed by atoms with van der Waals surface area (Å²) in [5.41, 5.74) is 2.06. The van der Waals surface area contributed by atoms with Crippen molar-refractivity contribution in [3.05, 3.63) is 74.0 Å². The summed E-state index contributed by atoms with van der Waals surface area (Å²) in [5, 5.41) is 5.27. The molecule has 0 fully saturated rings. The van der Waals surface area contributed by atoms with Crippen molar-refractivity contribution < 1.29 is 9.53 Å². The molecule has 0 bridgehead atoms. The molecule has 7 heteroatoms. The third-order valence-electron chi connectivity index (χ3n) is 3.31. The molecular weight excluding hydrogens is 379 g/mol. The molecule has 0 spiro atoms. The number of anilines is 1. The van der Waals surface area contributed by atoms with Crippen molar-refractivity contribution in [3.8, 4) is 5.75 Å². The standard InChI is InChI=1S/C18H14Cl2N2O2S/c1-11-3-2-4-14(5-11)24-9-12-6-16(25-10-12)18(23)22-17-15(20)7-13(19)8-21-17/h2-8,10H,9H2,1H3,(H,21,22,23). The van der Waals surface area contributed by atoms with Gasteiger partial charge in [0.2, 0.25) is 0 Å². The fourth-order valence-corrected chi connectivity index (χ4v) is 3.34. The fourth-order valence-electron chi connectivity index (χ4n) is 2.12. The number of rotatable bonds is 5. The SMILES string of the molecule is Cc1cccc(OCc2csc(C(=O)Nc3ncc(Cl)cc3Cl)c2)c1. The largest absolute Gasteiger partial charge is 0.489 e. The second kappa shape index (κ2) is 7.87. The number of amides is 1. The third kappa shape index (κ3) is 4.72. The van der Waals surface area contributed by atoms with E-state index in [2.05, 4.69) is 10.3 Å². The summed E-state index contributed by atoms with van der Waals surface area (Å²) in [6, 6.07) is 11.1. The Morgan fingerprint density at radius 3 is 2.88 bits per heavy atom. The van der Waals surface area contributed by atoms with Gasteiger partial charge in [-0.05, 0) is 42.1 Å². The van der Waals surface area contributed by atoms with E-state index in [-0.39, 0.29) is 11.7 Å². The minimum atomic E-state index is -0.275. The Kier molecular flexibility index (Phi) is 5.58. The second-order valence-corrected chi connectivity index (χ2v) is 7.12. The first-order valence-corrected chi connectivity index (χ1v) is 9.04. The van der Waals surface area contributed by atoms with Crippen molar-refractivity contribution in [1.29, 1.82) is 0 Å². The number of hydrogen-bond acceptors (Lipinski definition) is 4. The number of aromatic nitrogens is 1. The van der Waals surface area contributed by atoms with Gasteiger partial charge in [0.15, 0.2) is 5.82 Å². The fraction of sp³-hybridized carbons (Fsp3) is 0.111. The van der Waals surface area contributed by atoms with Gasteiger partial charge in [0.05, 0.1) is 14.9 Å². The molecule has 0 radical (unpaired) electrons. The average molecular weight is 393 g/mol. The Labute approximate surface area is 159 Å². The molecule has 3 rings (SSSR count). The van der Waals surface area contributed by atoms with E-state index in [9.17, 15) is 4.79 Å². The number of nitrogens with one attached hydrogen (secondary N) is 1. The van der Waals surface area contributed by atoms with Crippen LogP contribution in [0.4, 0.5) is 5.82 Å². The molecule has 1 amide bonds. The zero-order valence-corrected chi connectivity index (χ0v) is 15.6. The van der Waals surface area contributed by atoms with Gasteiger partial charge in [-0.15, -0.1) is 11.3 Å². The molecular formula is C18H14Cl2N2O2S. The molecule has 4 nitrogen and oxygen atoms in total. The van der Waals surface area contributed by atoms with Gasteiger partial charge < -0.3 is 10.1 Å². The highest BCUT2D eigenvalue weighted by Crippen LogP contribution is 2.24. The quantitative estimate of drug-likeness (QED) is 0.615. The predicted molar refractivity (Wildman–Crippen MR) is 102 cm³/mol. The minimum Gasteiger partial charge on any atom is -0.489 e. The molecule has 0 saturated heterocycles. The Balaban J connectivity index is 1.63. The summed E-state index contributed by atoms with van der Waals surface area (Å²) < 4.78 is 5.74. The molecule has 0 unspecified atom stereocenters. The van der Waals surface area contributed by atoms with Crippen LogP contribution in [-0.4, -0.2) is 10.9 Å². The van der Waals surface area contributed by atoms with Gasteiger partial charge in [0.25, 0.3) is 5.91 Å². The van der Waals surface area contributed by atoms with Crippen molar-refractivity contribution in [2.45, 2.75) is 13.5 Å². The first-order valence-electron chi connectivity index (χ1n) is 7.40. The van der Waals surface area contributed by atoms with Gasteiger partial charge in [0, 0.05) is 11.8 Å². The van der Waals surface area contributed by atoms with Crippen LogP contribution in [0, 0.1) is 6.92 Å². The highest BCUT2D eigenvalue weighted by atomic mass is 35.5. The zero-order valence-electron chi connectivity index (χ0n) is 13.3. The number of carbonyl (C=O) groups excluding carboxylic acids is 1. The van der Waals surface area contributed by atoms with Crippen LogP contribution in [0.25, 0.3) is 0 Å². The molecule has 0 aliphatic heterocycles. The summed E-state index contributed by atoms with van der Waals surface area (Å²) in [6.07, 6.45) is 1.43. The Bertz CT molecular complexity index is 912. The lowest BCUT2D eigenvalue weighted by atomic mass is 10.2. The normalized spacial score (nSPS) is 10.5. The van der Waals surface area contributed by atoms with Crippen LogP contribution < -0.4 is 10.1 Å². The highest BCUT2D eigenvalue weighted by Gasteiger charge is 2.13. The number of halogens is 2. The van der Waals surface area contributed by atoms with Crippen molar-refractivity contribution in [2.24, 2.45) is 0 Å². The summed E-state index contributed by atoms with van der Waals surface area (Å²) in [7, 11) is 0. The van der Waals surface area contributed by atoms with Crippen LogP contribution in [0.3, 0.4) is 0 Å². The molecule has 0 saturated carbocycles. The number of benzene rings is 1. The van der Waals surface area contributed by atoms with E-state index in [0.717, 1.165) is 16.9 Å². The van der Waals surface area contributed by atoms with Crippen molar-refractivity contribution >= 4 is 46.3 Å². The summed E-state index contributed by atoms with van der Waals surface area (Å²) >= 11 is 13.2. The smallest absolute Gasteiger partial charge is 0.266 e. The zero-order chi connectivity index (χ0) is 17.8. The molecule has 2 heterocycles. The molecule has 0 atom stereocenters. The molecule has 3 aromatic rings. The summed E-state index contributed by atoms with van der Waals surface area (Å²) in [6.45, 7) is 2.41. The van der Waals surface area contributed by atoms with Crippen LogP contribution in [0.5, 0.6) is 5.75 Å². The maximum Gasteiger partial charge on any atom is 0.266 e. The Morgan fingerprint density at radius 2 is 2.12 bits per heavy atom. The number of thiophene rings is 1. The number of nitrogens with zero attached hydrogens (tertiary/aromatic N) is 1. The molecule has 0 aliphatic rings. The van der Waals surface area contributed by atoms with Crippen molar-refractivity contribution in [2.75, 3.05) is 5.32 Å². The molecule has 0 aliphatic carbocycles. The average Bonchev–Trinajstić information content (AvgIpc) is 3.05. The molecule has 1 aromatic carbocycles. The lowest BCUT2D eigenvalue weighted by molar-refractivity contribution is 0.103. The summed E-state index contributed by atoms with van der Waals surface area (Å²) in [5.74, 6) is 0.805. The Hall–Kier alpha value is -2.08. The first-order chi connectivity index (χ1) is 12.0. The van der Waals surface area contributed by atoms with E-state index >= 15 is 0 Å².